The van der Waals surface area contributed by atoms with E-state index < -0.39 is 4.92 Å². The molecule has 6 heteroatoms. The molecular weight excluding hydrogens is 336 g/mol. The fourth-order valence-electron chi connectivity index (χ4n) is 1.99. The third kappa shape index (κ3) is 3.80. The maximum Gasteiger partial charge on any atom is 0.277 e. The summed E-state index contributed by atoms with van der Waals surface area (Å²) in [4.78, 5) is 10.6. The zero-order valence-corrected chi connectivity index (χ0v) is 13.1. The largest absolute Gasteiger partial charge is 0.488 e. The van der Waals surface area contributed by atoms with Crippen LogP contribution in [0.5, 0.6) is 5.75 Å². The predicted molar refractivity (Wildman–Crippen MR) is 84.2 cm³/mol. The maximum absolute atomic E-state index is 11.1. The second kappa shape index (κ2) is 6.69. The normalized spacial score (nSPS) is 10.4. The average molecular weight is 351 g/mol. The van der Waals surface area contributed by atoms with Crippen LogP contribution >= 0.6 is 15.9 Å². The molecule has 0 spiro atoms. The molecule has 2 aromatic rings. The van der Waals surface area contributed by atoms with Gasteiger partial charge in [0.25, 0.3) is 5.69 Å². The molecule has 0 radical (unpaired) electrons. The van der Waals surface area contributed by atoms with Gasteiger partial charge in [-0.2, -0.15) is 0 Å². The third-order valence-corrected chi connectivity index (χ3v) is 3.56. The van der Waals surface area contributed by atoms with E-state index in [9.17, 15) is 10.1 Å². The van der Waals surface area contributed by atoms with E-state index in [1.807, 2.05) is 25.1 Å². The van der Waals surface area contributed by atoms with E-state index in [4.69, 9.17) is 10.5 Å². The van der Waals surface area contributed by atoms with Crippen molar-refractivity contribution in [3.05, 3.63) is 67.7 Å². The fourth-order valence-corrected chi connectivity index (χ4v) is 2.34. The first kappa shape index (κ1) is 15.5. The Morgan fingerprint density at radius 2 is 2.00 bits per heavy atom. The van der Waals surface area contributed by atoms with Gasteiger partial charge >= 0.3 is 0 Å². The summed E-state index contributed by atoms with van der Waals surface area (Å²) in [5.74, 6) is 0.653. The van der Waals surface area contributed by atoms with Gasteiger partial charge in [-0.05, 0) is 25.1 Å². The summed E-state index contributed by atoms with van der Waals surface area (Å²) in [6.45, 7) is 2.46. The summed E-state index contributed by atoms with van der Waals surface area (Å²) >= 11 is 3.23. The number of aryl methyl sites for hydroxylation is 1. The molecule has 2 aromatic carbocycles. The van der Waals surface area contributed by atoms with E-state index in [0.29, 0.717) is 22.3 Å². The van der Waals surface area contributed by atoms with Gasteiger partial charge in [0.1, 0.15) is 12.4 Å². The summed E-state index contributed by atoms with van der Waals surface area (Å²) in [5.41, 5.74) is 8.22. The van der Waals surface area contributed by atoms with Crippen molar-refractivity contribution in [2.75, 3.05) is 0 Å². The molecule has 0 saturated carbocycles. The van der Waals surface area contributed by atoms with Gasteiger partial charge in [0.15, 0.2) is 0 Å². The minimum absolute atomic E-state index is 0.0331. The minimum Gasteiger partial charge on any atom is -0.488 e. The highest BCUT2D eigenvalue weighted by atomic mass is 79.9. The van der Waals surface area contributed by atoms with Crippen LogP contribution in [0.25, 0.3) is 0 Å². The van der Waals surface area contributed by atoms with Gasteiger partial charge in [-0.1, -0.05) is 33.6 Å². The molecule has 0 unspecified atom stereocenters. The molecule has 0 amide bonds. The lowest BCUT2D eigenvalue weighted by Crippen LogP contribution is -2.05. The van der Waals surface area contributed by atoms with Crippen molar-refractivity contribution in [1.82, 2.24) is 0 Å². The van der Waals surface area contributed by atoms with E-state index in [-0.39, 0.29) is 12.3 Å². The van der Waals surface area contributed by atoms with Crippen LogP contribution in [0.2, 0.25) is 0 Å². The van der Waals surface area contributed by atoms with Gasteiger partial charge < -0.3 is 10.5 Å². The zero-order chi connectivity index (χ0) is 15.4. The molecular formula is C15H15BrN2O3. The summed E-state index contributed by atoms with van der Waals surface area (Å²) < 4.78 is 6.36. The van der Waals surface area contributed by atoms with Crippen LogP contribution in [-0.4, -0.2) is 4.92 Å². The average Bonchev–Trinajstić information content (AvgIpc) is 2.46. The smallest absolute Gasteiger partial charge is 0.277 e. The summed E-state index contributed by atoms with van der Waals surface area (Å²) in [6, 6.07) is 10.6. The number of nitrogens with two attached hydrogens (primary N) is 1. The Bertz CT molecular complexity index is 674. The monoisotopic (exact) mass is 350 g/mol. The highest BCUT2D eigenvalue weighted by Gasteiger charge is 2.15. The molecule has 2 N–H and O–H groups in total. The molecule has 5 nitrogen and oxygen atoms in total. The molecule has 0 aliphatic carbocycles. The van der Waals surface area contributed by atoms with Crippen molar-refractivity contribution >= 4 is 21.6 Å². The van der Waals surface area contributed by atoms with Crippen molar-refractivity contribution < 1.29 is 9.66 Å². The SMILES string of the molecule is Cc1ccc(OCc2ccc(Br)cc2[N+](=O)[O-])c(CN)c1. The highest BCUT2D eigenvalue weighted by molar-refractivity contribution is 9.10. The number of benzene rings is 2. The molecule has 0 atom stereocenters. The Morgan fingerprint density at radius 3 is 2.67 bits per heavy atom. The first-order chi connectivity index (χ1) is 10.0. The van der Waals surface area contributed by atoms with Crippen molar-refractivity contribution in [2.45, 2.75) is 20.1 Å². The first-order valence-electron chi connectivity index (χ1n) is 6.36. The lowest BCUT2D eigenvalue weighted by atomic mass is 10.1. The summed E-state index contributed by atoms with van der Waals surface area (Å²) in [6.07, 6.45) is 0. The van der Waals surface area contributed by atoms with Crippen LogP contribution in [0.15, 0.2) is 40.9 Å². The number of nitro groups is 1. The Kier molecular flexibility index (Phi) is 4.93. The number of hydrogen-bond donors (Lipinski definition) is 1. The van der Waals surface area contributed by atoms with Gasteiger partial charge in [-0.25, -0.2) is 0 Å². The number of ether oxygens (including phenoxy) is 1. The molecule has 21 heavy (non-hydrogen) atoms. The van der Waals surface area contributed by atoms with Crippen molar-refractivity contribution in [3.8, 4) is 5.75 Å². The Balaban J connectivity index is 2.22. The van der Waals surface area contributed by atoms with Crippen LogP contribution in [0, 0.1) is 17.0 Å². The second-order valence-electron chi connectivity index (χ2n) is 4.63. The lowest BCUT2D eigenvalue weighted by Gasteiger charge is -2.11. The number of rotatable bonds is 5. The predicted octanol–water partition coefficient (Wildman–Crippen LogP) is 3.70. The van der Waals surface area contributed by atoms with E-state index in [2.05, 4.69) is 15.9 Å². The van der Waals surface area contributed by atoms with Gasteiger partial charge in [0.2, 0.25) is 0 Å². The Morgan fingerprint density at radius 1 is 1.24 bits per heavy atom. The van der Waals surface area contributed by atoms with Crippen LogP contribution in [0.3, 0.4) is 0 Å². The topological polar surface area (TPSA) is 78.4 Å². The number of hydrogen-bond acceptors (Lipinski definition) is 4. The first-order valence-corrected chi connectivity index (χ1v) is 7.15. The molecule has 0 fully saturated rings. The highest BCUT2D eigenvalue weighted by Crippen LogP contribution is 2.26. The standard InChI is InChI=1S/C15H15BrN2O3/c1-10-2-5-15(12(6-10)8-17)21-9-11-3-4-13(16)7-14(11)18(19)20/h2-7H,8-9,17H2,1H3. The van der Waals surface area contributed by atoms with Gasteiger partial charge in [0, 0.05) is 22.6 Å². The number of nitro benzene ring substituents is 1. The van der Waals surface area contributed by atoms with Gasteiger partial charge in [0.05, 0.1) is 10.5 Å². The summed E-state index contributed by atoms with van der Waals surface area (Å²) in [5, 5.41) is 11.1. The molecule has 0 aromatic heterocycles. The number of nitrogens with zero attached hydrogens (tertiary/aromatic N) is 1. The molecule has 0 aliphatic heterocycles. The second-order valence-corrected chi connectivity index (χ2v) is 5.55. The van der Waals surface area contributed by atoms with Crippen molar-refractivity contribution in [3.63, 3.8) is 0 Å². The van der Waals surface area contributed by atoms with Crippen molar-refractivity contribution in [1.29, 1.82) is 0 Å². The fraction of sp³-hybridized carbons (Fsp3) is 0.200. The van der Waals surface area contributed by atoms with Crippen molar-refractivity contribution in [2.24, 2.45) is 5.73 Å². The Labute approximate surface area is 131 Å². The molecule has 2 rings (SSSR count). The molecule has 0 aliphatic rings. The van der Waals surface area contributed by atoms with Crippen LogP contribution in [0.1, 0.15) is 16.7 Å². The van der Waals surface area contributed by atoms with Gasteiger partial charge in [-0.15, -0.1) is 0 Å². The van der Waals surface area contributed by atoms with Gasteiger partial charge in [-0.3, -0.25) is 10.1 Å². The van der Waals surface area contributed by atoms with Crippen LogP contribution < -0.4 is 10.5 Å². The van der Waals surface area contributed by atoms with Crippen LogP contribution in [-0.2, 0) is 13.2 Å². The van der Waals surface area contributed by atoms with E-state index in [0.717, 1.165) is 11.1 Å². The zero-order valence-electron chi connectivity index (χ0n) is 11.5. The van der Waals surface area contributed by atoms with E-state index in [1.165, 1.54) is 6.07 Å². The lowest BCUT2D eigenvalue weighted by molar-refractivity contribution is -0.385. The van der Waals surface area contributed by atoms with E-state index in [1.54, 1.807) is 12.1 Å². The molecule has 0 heterocycles. The van der Waals surface area contributed by atoms with Crippen LogP contribution in [0.4, 0.5) is 5.69 Å². The van der Waals surface area contributed by atoms with E-state index >= 15 is 0 Å². The maximum atomic E-state index is 11.1. The Hall–Kier alpha value is -1.92. The summed E-state index contributed by atoms with van der Waals surface area (Å²) in [7, 11) is 0. The third-order valence-electron chi connectivity index (χ3n) is 3.06. The molecule has 0 saturated heterocycles. The minimum atomic E-state index is -0.414. The molecule has 110 valence electrons. The quantitative estimate of drug-likeness (QED) is 0.658. The molecule has 0 bridgehead atoms. The number of halogens is 1.